The van der Waals surface area contributed by atoms with Gasteiger partial charge in [-0.25, -0.2) is 5.11 Å². The van der Waals surface area contributed by atoms with E-state index in [2.05, 4.69) is 0 Å². The minimum atomic E-state index is -0.111. The van der Waals surface area contributed by atoms with Crippen molar-refractivity contribution in [2.45, 2.75) is 6.42 Å². The molecule has 0 fully saturated rings. The zero-order chi connectivity index (χ0) is 8.39. The molecule has 0 aliphatic rings. The van der Waals surface area contributed by atoms with Crippen LogP contribution in [0.5, 0.6) is 0 Å². The lowest BCUT2D eigenvalue weighted by atomic mass is 10.2. The van der Waals surface area contributed by atoms with Gasteiger partial charge in [0.15, 0.2) is 0 Å². The van der Waals surface area contributed by atoms with E-state index in [0.29, 0.717) is 6.42 Å². The maximum Gasteiger partial charge on any atom is 0.134 e. The average molecular weight is 161 g/mol. The monoisotopic (exact) mass is 161 g/mol. The van der Waals surface area contributed by atoms with Crippen LogP contribution in [0.2, 0.25) is 0 Å². The summed E-state index contributed by atoms with van der Waals surface area (Å²) in [6.07, 6.45) is 0.481. The summed E-state index contributed by atoms with van der Waals surface area (Å²) in [5.74, 6) is 0.784. The van der Waals surface area contributed by atoms with Gasteiger partial charge in [0.2, 0.25) is 0 Å². The Morgan fingerprint density at radius 1 is 1.25 bits per heavy atom. The number of rotatable bonds is 2. The summed E-state index contributed by atoms with van der Waals surface area (Å²) in [4.78, 5) is 0. The van der Waals surface area contributed by atoms with Crippen LogP contribution in [-0.4, -0.2) is 6.61 Å². The molecule has 0 spiro atoms. The smallest absolute Gasteiger partial charge is 0.134 e. The number of para-hydroxylation sites is 1. The molecule has 2 nitrogen and oxygen atoms in total. The van der Waals surface area contributed by atoms with Gasteiger partial charge in [-0.2, -0.15) is 0 Å². The second-order valence-electron chi connectivity index (χ2n) is 2.70. The van der Waals surface area contributed by atoms with Crippen molar-refractivity contribution in [1.82, 2.24) is 0 Å². The van der Waals surface area contributed by atoms with Gasteiger partial charge in [-0.3, -0.25) is 0 Å². The average Bonchev–Trinajstić information content (AvgIpc) is 2.47. The fourth-order valence-corrected chi connectivity index (χ4v) is 1.26. The highest BCUT2D eigenvalue weighted by Crippen LogP contribution is 2.18. The summed E-state index contributed by atoms with van der Waals surface area (Å²) in [7, 11) is 0. The molecule has 0 bridgehead atoms. The van der Waals surface area contributed by atoms with Crippen LogP contribution >= 0.6 is 0 Å². The third-order valence-electron chi connectivity index (χ3n) is 1.83. The fraction of sp³-hybridized carbons (Fsp3) is 0.200. The second-order valence-corrected chi connectivity index (χ2v) is 2.70. The van der Waals surface area contributed by atoms with Crippen LogP contribution < -0.4 is 0 Å². The van der Waals surface area contributed by atoms with Gasteiger partial charge in [0.05, 0.1) is 6.61 Å². The third-order valence-corrected chi connectivity index (χ3v) is 1.83. The summed E-state index contributed by atoms with van der Waals surface area (Å²) in [5.41, 5.74) is 0.862. The molecule has 2 aromatic rings. The van der Waals surface area contributed by atoms with E-state index in [0.717, 1.165) is 16.7 Å². The lowest BCUT2D eigenvalue weighted by Crippen LogP contribution is -1.83. The van der Waals surface area contributed by atoms with Crippen LogP contribution in [-0.2, 0) is 11.5 Å². The van der Waals surface area contributed by atoms with E-state index in [1.54, 1.807) is 0 Å². The van der Waals surface area contributed by atoms with Crippen LogP contribution in [0, 0.1) is 0 Å². The van der Waals surface area contributed by atoms with E-state index >= 15 is 0 Å². The van der Waals surface area contributed by atoms with Gasteiger partial charge in [0, 0.05) is 11.8 Å². The summed E-state index contributed by atoms with van der Waals surface area (Å²) < 4.78 is 5.41. The first-order valence-electron chi connectivity index (χ1n) is 3.96. The zero-order valence-electron chi connectivity index (χ0n) is 6.62. The van der Waals surface area contributed by atoms with E-state index in [-0.39, 0.29) is 6.61 Å². The largest absolute Gasteiger partial charge is 0.461 e. The summed E-state index contributed by atoms with van der Waals surface area (Å²) >= 11 is 0. The number of hydrogen-bond donors (Lipinski definition) is 0. The Bertz CT molecular complexity index is 343. The Balaban J connectivity index is 2.47. The van der Waals surface area contributed by atoms with E-state index in [9.17, 15) is 5.11 Å². The molecule has 0 saturated heterocycles. The Morgan fingerprint density at radius 2 is 2.08 bits per heavy atom. The molecule has 0 amide bonds. The van der Waals surface area contributed by atoms with Crippen LogP contribution in [0.3, 0.4) is 0 Å². The topological polar surface area (TPSA) is 33.0 Å². The lowest BCUT2D eigenvalue weighted by Gasteiger charge is -1.85. The first-order valence-corrected chi connectivity index (χ1v) is 3.96. The number of benzene rings is 1. The molecule has 2 heteroatoms. The van der Waals surface area contributed by atoms with Crippen molar-refractivity contribution in [2.75, 3.05) is 6.61 Å². The minimum Gasteiger partial charge on any atom is -0.461 e. The molecule has 1 heterocycles. The first-order chi connectivity index (χ1) is 5.90. The van der Waals surface area contributed by atoms with Gasteiger partial charge in [0.1, 0.15) is 11.3 Å². The zero-order valence-corrected chi connectivity index (χ0v) is 6.62. The van der Waals surface area contributed by atoms with E-state index in [4.69, 9.17) is 4.42 Å². The molecule has 0 aliphatic carbocycles. The van der Waals surface area contributed by atoms with Crippen LogP contribution in [0.1, 0.15) is 5.76 Å². The molecule has 0 aliphatic heterocycles. The van der Waals surface area contributed by atoms with Crippen molar-refractivity contribution in [2.24, 2.45) is 0 Å². The Morgan fingerprint density at radius 3 is 2.83 bits per heavy atom. The lowest BCUT2D eigenvalue weighted by molar-refractivity contribution is 0.191. The Labute approximate surface area is 70.4 Å². The van der Waals surface area contributed by atoms with Gasteiger partial charge in [-0.05, 0) is 12.1 Å². The molecular formula is C10H9O2. The Kier molecular flexibility index (Phi) is 1.84. The van der Waals surface area contributed by atoms with E-state index in [1.165, 1.54) is 0 Å². The highest BCUT2D eigenvalue weighted by Gasteiger charge is 2.01. The van der Waals surface area contributed by atoms with Gasteiger partial charge < -0.3 is 4.42 Å². The molecule has 1 aromatic carbocycles. The third kappa shape index (κ3) is 1.21. The molecule has 0 unspecified atom stereocenters. The summed E-state index contributed by atoms with van der Waals surface area (Å²) in [6.45, 7) is -0.111. The molecule has 2 rings (SSSR count). The van der Waals surface area contributed by atoms with Crippen LogP contribution in [0.15, 0.2) is 34.7 Å². The molecule has 61 valence electrons. The summed E-state index contributed by atoms with van der Waals surface area (Å²) in [6, 6.07) is 9.69. The molecule has 1 aromatic heterocycles. The molecule has 12 heavy (non-hydrogen) atoms. The second kappa shape index (κ2) is 2.99. The van der Waals surface area contributed by atoms with Gasteiger partial charge >= 0.3 is 0 Å². The van der Waals surface area contributed by atoms with Crippen LogP contribution in [0.25, 0.3) is 11.0 Å². The first kappa shape index (κ1) is 7.37. The normalized spacial score (nSPS) is 10.8. The fourth-order valence-electron chi connectivity index (χ4n) is 1.26. The maximum absolute atomic E-state index is 10.3. The highest BCUT2D eigenvalue weighted by atomic mass is 16.3. The standard InChI is InChI=1S/C10H9O2/c11-6-5-9-7-8-3-1-2-4-10(8)12-9/h1-4,7H,5-6H2. The number of hydrogen-bond acceptors (Lipinski definition) is 1. The van der Waals surface area contributed by atoms with Gasteiger partial charge in [0.25, 0.3) is 0 Å². The van der Waals surface area contributed by atoms with Crippen molar-refractivity contribution < 1.29 is 9.52 Å². The van der Waals surface area contributed by atoms with Crippen molar-refractivity contribution in [3.8, 4) is 0 Å². The summed E-state index contributed by atoms with van der Waals surface area (Å²) in [5, 5.41) is 11.4. The van der Waals surface area contributed by atoms with Crippen molar-refractivity contribution in [3.05, 3.63) is 36.1 Å². The van der Waals surface area contributed by atoms with E-state index in [1.807, 2.05) is 30.3 Å². The minimum absolute atomic E-state index is 0.111. The van der Waals surface area contributed by atoms with Crippen molar-refractivity contribution in [3.63, 3.8) is 0 Å². The highest BCUT2D eigenvalue weighted by molar-refractivity contribution is 5.77. The predicted octanol–water partition coefficient (Wildman–Crippen LogP) is 2.41. The number of furan rings is 1. The van der Waals surface area contributed by atoms with Gasteiger partial charge in [-0.15, -0.1) is 0 Å². The predicted molar refractivity (Wildman–Crippen MR) is 45.5 cm³/mol. The molecule has 1 radical (unpaired) electrons. The maximum atomic E-state index is 10.3. The SMILES string of the molecule is [O]CCc1cc2ccccc2o1. The van der Waals surface area contributed by atoms with Gasteiger partial charge in [-0.1, -0.05) is 18.2 Å². The number of fused-ring (bicyclic) bond motifs is 1. The quantitative estimate of drug-likeness (QED) is 0.665. The van der Waals surface area contributed by atoms with Crippen molar-refractivity contribution in [1.29, 1.82) is 0 Å². The molecule has 0 saturated carbocycles. The molecule has 0 atom stereocenters. The Hall–Kier alpha value is -1.28. The molecular weight excluding hydrogens is 152 g/mol. The van der Waals surface area contributed by atoms with Crippen LogP contribution in [0.4, 0.5) is 0 Å². The molecule has 0 N–H and O–H groups in total. The van der Waals surface area contributed by atoms with Crippen molar-refractivity contribution >= 4 is 11.0 Å². The van der Waals surface area contributed by atoms with E-state index < -0.39 is 0 Å².